The standard InChI is InChI=1S/C20H23ClN2O4S/c1-27-18-9-11-19(12-10-18)28(25,26)23(17-8-4-5-15(21)13-17)14-20(24)22-16-6-2-3-7-16/h4-5,8-13,16H,2-3,6-7,14H2,1H3,(H,22,24). The third-order valence-electron chi connectivity index (χ3n) is 4.75. The van der Waals surface area contributed by atoms with E-state index in [-0.39, 0.29) is 23.4 Å². The fourth-order valence-electron chi connectivity index (χ4n) is 3.30. The summed E-state index contributed by atoms with van der Waals surface area (Å²) in [6, 6.07) is 12.6. The molecule has 1 aliphatic carbocycles. The second-order valence-electron chi connectivity index (χ2n) is 6.72. The lowest BCUT2D eigenvalue weighted by atomic mass is 10.2. The molecular weight excluding hydrogens is 400 g/mol. The number of carbonyl (C=O) groups excluding carboxylic acids is 1. The van der Waals surface area contributed by atoms with Crippen LogP contribution in [0.4, 0.5) is 5.69 Å². The predicted molar refractivity (Wildman–Crippen MR) is 109 cm³/mol. The van der Waals surface area contributed by atoms with Crippen molar-refractivity contribution in [2.24, 2.45) is 0 Å². The molecule has 1 amide bonds. The first kappa shape index (κ1) is 20.5. The maximum atomic E-state index is 13.3. The van der Waals surface area contributed by atoms with E-state index in [9.17, 15) is 13.2 Å². The highest BCUT2D eigenvalue weighted by Gasteiger charge is 2.28. The summed E-state index contributed by atoms with van der Waals surface area (Å²) in [5, 5.41) is 3.33. The van der Waals surface area contributed by atoms with Gasteiger partial charge in [0.05, 0.1) is 17.7 Å². The number of benzene rings is 2. The van der Waals surface area contributed by atoms with E-state index in [1.165, 1.54) is 25.3 Å². The molecule has 1 N–H and O–H groups in total. The topological polar surface area (TPSA) is 75.7 Å². The third kappa shape index (κ3) is 4.77. The molecule has 0 spiro atoms. The van der Waals surface area contributed by atoms with Gasteiger partial charge in [0.25, 0.3) is 10.0 Å². The van der Waals surface area contributed by atoms with Crippen LogP contribution in [0.1, 0.15) is 25.7 Å². The molecule has 1 saturated carbocycles. The van der Waals surface area contributed by atoms with Crippen LogP contribution >= 0.6 is 11.6 Å². The number of rotatable bonds is 7. The normalized spacial score (nSPS) is 14.6. The van der Waals surface area contributed by atoms with E-state index >= 15 is 0 Å². The molecule has 150 valence electrons. The number of sulfonamides is 1. The first-order valence-electron chi connectivity index (χ1n) is 9.12. The Morgan fingerprint density at radius 2 is 1.86 bits per heavy atom. The van der Waals surface area contributed by atoms with Gasteiger partial charge in [0, 0.05) is 11.1 Å². The minimum Gasteiger partial charge on any atom is -0.497 e. The number of hydrogen-bond acceptors (Lipinski definition) is 4. The summed E-state index contributed by atoms with van der Waals surface area (Å²) in [6.45, 7) is -0.314. The molecule has 0 radical (unpaired) electrons. The Balaban J connectivity index is 1.91. The Hall–Kier alpha value is -2.25. The molecule has 1 aliphatic rings. The average molecular weight is 423 g/mol. The molecule has 2 aromatic carbocycles. The van der Waals surface area contributed by atoms with E-state index in [0.29, 0.717) is 16.5 Å². The number of hydrogen-bond donors (Lipinski definition) is 1. The molecule has 0 aromatic heterocycles. The number of nitrogens with zero attached hydrogens (tertiary/aromatic N) is 1. The van der Waals surface area contributed by atoms with Crippen molar-refractivity contribution in [1.82, 2.24) is 5.32 Å². The summed E-state index contributed by atoms with van der Waals surface area (Å²) in [7, 11) is -2.46. The number of anilines is 1. The zero-order valence-electron chi connectivity index (χ0n) is 15.6. The van der Waals surface area contributed by atoms with Gasteiger partial charge in [-0.1, -0.05) is 30.5 Å². The van der Waals surface area contributed by atoms with E-state index in [4.69, 9.17) is 16.3 Å². The van der Waals surface area contributed by atoms with Crippen LogP contribution < -0.4 is 14.4 Å². The quantitative estimate of drug-likeness (QED) is 0.739. The van der Waals surface area contributed by atoms with Crippen LogP contribution in [0.3, 0.4) is 0 Å². The number of nitrogens with one attached hydrogen (secondary N) is 1. The van der Waals surface area contributed by atoms with Crippen LogP contribution in [0.5, 0.6) is 5.75 Å². The lowest BCUT2D eigenvalue weighted by Crippen LogP contribution is -2.43. The van der Waals surface area contributed by atoms with Gasteiger partial charge in [-0.25, -0.2) is 8.42 Å². The number of halogens is 1. The third-order valence-corrected chi connectivity index (χ3v) is 6.77. The average Bonchev–Trinajstić information content (AvgIpc) is 3.19. The molecule has 0 unspecified atom stereocenters. The zero-order valence-corrected chi connectivity index (χ0v) is 17.2. The van der Waals surface area contributed by atoms with Crippen molar-refractivity contribution in [3.8, 4) is 5.75 Å². The number of ether oxygens (including phenoxy) is 1. The highest BCUT2D eigenvalue weighted by molar-refractivity contribution is 7.92. The zero-order chi connectivity index (χ0) is 20.1. The Morgan fingerprint density at radius 1 is 1.18 bits per heavy atom. The van der Waals surface area contributed by atoms with Gasteiger partial charge in [0.15, 0.2) is 0 Å². The summed E-state index contributed by atoms with van der Waals surface area (Å²) in [6.07, 6.45) is 4.00. The van der Waals surface area contributed by atoms with E-state index in [1.54, 1.807) is 30.3 Å². The van der Waals surface area contributed by atoms with Crippen LogP contribution in [0.2, 0.25) is 5.02 Å². The fourth-order valence-corrected chi connectivity index (χ4v) is 4.89. The molecule has 1 fully saturated rings. The number of amides is 1. The van der Waals surface area contributed by atoms with Crippen LogP contribution in [0, 0.1) is 0 Å². The minimum atomic E-state index is -3.97. The van der Waals surface area contributed by atoms with Gasteiger partial charge in [0.1, 0.15) is 12.3 Å². The van der Waals surface area contributed by atoms with Crippen molar-refractivity contribution in [3.63, 3.8) is 0 Å². The van der Waals surface area contributed by atoms with Gasteiger partial charge in [0.2, 0.25) is 5.91 Å². The van der Waals surface area contributed by atoms with Crippen molar-refractivity contribution in [2.45, 2.75) is 36.6 Å². The minimum absolute atomic E-state index is 0.0712. The second-order valence-corrected chi connectivity index (χ2v) is 9.01. The molecule has 3 rings (SSSR count). The maximum absolute atomic E-state index is 13.3. The molecule has 6 nitrogen and oxygen atoms in total. The van der Waals surface area contributed by atoms with E-state index < -0.39 is 10.0 Å². The van der Waals surface area contributed by atoms with E-state index in [0.717, 1.165) is 30.0 Å². The maximum Gasteiger partial charge on any atom is 0.264 e. The molecule has 28 heavy (non-hydrogen) atoms. The lowest BCUT2D eigenvalue weighted by Gasteiger charge is -2.25. The summed E-state index contributed by atoms with van der Waals surface area (Å²) >= 11 is 6.06. The molecule has 0 bridgehead atoms. The second kappa shape index (κ2) is 8.84. The van der Waals surface area contributed by atoms with Crippen LogP contribution in [-0.2, 0) is 14.8 Å². The Kier molecular flexibility index (Phi) is 6.46. The van der Waals surface area contributed by atoms with Crippen molar-refractivity contribution < 1.29 is 17.9 Å². The molecule has 2 aromatic rings. The first-order valence-corrected chi connectivity index (χ1v) is 10.9. The monoisotopic (exact) mass is 422 g/mol. The molecule has 8 heteroatoms. The van der Waals surface area contributed by atoms with Gasteiger partial charge in [-0.3, -0.25) is 9.10 Å². The Bertz CT molecular complexity index is 925. The summed E-state index contributed by atoms with van der Waals surface area (Å²) in [4.78, 5) is 12.6. The first-order chi connectivity index (χ1) is 13.4. The van der Waals surface area contributed by atoms with Gasteiger partial charge in [-0.2, -0.15) is 0 Å². The SMILES string of the molecule is COc1ccc(S(=O)(=O)N(CC(=O)NC2CCCC2)c2cccc(Cl)c2)cc1. The van der Waals surface area contributed by atoms with Crippen LogP contribution in [0.15, 0.2) is 53.4 Å². The molecule has 0 heterocycles. The molecular formula is C20H23ClN2O4S. The largest absolute Gasteiger partial charge is 0.497 e. The van der Waals surface area contributed by atoms with Crippen molar-refractivity contribution >= 4 is 33.2 Å². The number of carbonyl (C=O) groups is 1. The van der Waals surface area contributed by atoms with E-state index in [2.05, 4.69) is 5.32 Å². The van der Waals surface area contributed by atoms with Crippen LogP contribution in [-0.4, -0.2) is 34.0 Å². The Morgan fingerprint density at radius 3 is 2.46 bits per heavy atom. The lowest BCUT2D eigenvalue weighted by molar-refractivity contribution is -0.120. The van der Waals surface area contributed by atoms with Gasteiger partial charge in [-0.15, -0.1) is 0 Å². The fraction of sp³-hybridized carbons (Fsp3) is 0.350. The summed E-state index contributed by atoms with van der Waals surface area (Å²) in [5.74, 6) is 0.219. The van der Waals surface area contributed by atoms with Gasteiger partial charge in [-0.05, 0) is 55.3 Å². The highest BCUT2D eigenvalue weighted by atomic mass is 35.5. The van der Waals surface area contributed by atoms with Gasteiger partial charge < -0.3 is 10.1 Å². The number of methoxy groups -OCH3 is 1. The van der Waals surface area contributed by atoms with E-state index in [1.807, 2.05) is 0 Å². The Labute approximate surface area is 170 Å². The molecule has 0 aliphatic heterocycles. The smallest absolute Gasteiger partial charge is 0.264 e. The van der Waals surface area contributed by atoms with Crippen molar-refractivity contribution in [1.29, 1.82) is 0 Å². The van der Waals surface area contributed by atoms with Crippen molar-refractivity contribution in [2.75, 3.05) is 18.0 Å². The van der Waals surface area contributed by atoms with Crippen molar-refractivity contribution in [3.05, 3.63) is 53.6 Å². The predicted octanol–water partition coefficient (Wildman–Crippen LogP) is 3.60. The van der Waals surface area contributed by atoms with Gasteiger partial charge >= 0.3 is 0 Å². The summed E-state index contributed by atoms with van der Waals surface area (Å²) in [5.41, 5.74) is 0.338. The molecule has 0 saturated heterocycles. The molecule has 0 atom stereocenters. The van der Waals surface area contributed by atoms with Crippen LogP contribution in [0.25, 0.3) is 0 Å². The summed E-state index contributed by atoms with van der Waals surface area (Å²) < 4.78 is 32.7. The highest BCUT2D eigenvalue weighted by Crippen LogP contribution is 2.27.